The van der Waals surface area contributed by atoms with Gasteiger partial charge in [0.1, 0.15) is 0 Å². The van der Waals surface area contributed by atoms with E-state index in [1.807, 2.05) is 37.3 Å². The van der Waals surface area contributed by atoms with Crippen LogP contribution in [0.4, 0.5) is 0 Å². The zero-order valence-corrected chi connectivity index (χ0v) is 16.3. The third-order valence-corrected chi connectivity index (χ3v) is 5.16. The highest BCUT2D eigenvalue weighted by Crippen LogP contribution is 2.21. The van der Waals surface area contributed by atoms with Crippen LogP contribution in [-0.4, -0.2) is 36.5 Å². The molecule has 0 radical (unpaired) electrons. The molecule has 1 fully saturated rings. The molecule has 2 aromatic rings. The van der Waals surface area contributed by atoms with Gasteiger partial charge in [-0.05, 0) is 49.3 Å². The third kappa shape index (κ3) is 6.08. The second kappa shape index (κ2) is 9.88. The predicted octanol–water partition coefficient (Wildman–Crippen LogP) is 4.03. The summed E-state index contributed by atoms with van der Waals surface area (Å²) in [5, 5.41) is 0. The standard InChI is InChI=1S/C24H27NO3/c1-19-7-9-20(10-8-19)11-12-24(27)28-18-23(26)25-15-13-22(14-16-25)17-21-5-3-2-4-6-21/h2-12,22H,13-18H2,1H3/b12-11+. The predicted molar refractivity (Wildman–Crippen MR) is 111 cm³/mol. The Morgan fingerprint density at radius 2 is 1.71 bits per heavy atom. The SMILES string of the molecule is Cc1ccc(/C=C/C(=O)OCC(=O)N2CCC(Cc3ccccc3)CC2)cc1. The average Bonchev–Trinajstić information content (AvgIpc) is 2.73. The Labute approximate surface area is 166 Å². The van der Waals surface area contributed by atoms with Crippen molar-refractivity contribution >= 4 is 18.0 Å². The Hall–Kier alpha value is -2.88. The second-order valence-electron chi connectivity index (χ2n) is 7.37. The van der Waals surface area contributed by atoms with Crippen LogP contribution < -0.4 is 0 Å². The smallest absolute Gasteiger partial charge is 0.331 e. The van der Waals surface area contributed by atoms with Crippen molar-refractivity contribution in [1.29, 1.82) is 0 Å². The molecule has 0 bridgehead atoms. The number of hydrogen-bond acceptors (Lipinski definition) is 3. The number of esters is 1. The van der Waals surface area contributed by atoms with Crippen molar-refractivity contribution in [2.45, 2.75) is 26.2 Å². The number of amides is 1. The summed E-state index contributed by atoms with van der Waals surface area (Å²) in [6.07, 6.45) is 6.09. The number of carbonyl (C=O) groups excluding carboxylic acids is 2. The molecule has 1 aliphatic heterocycles. The molecule has 4 heteroatoms. The van der Waals surface area contributed by atoms with Gasteiger partial charge in [-0.3, -0.25) is 4.79 Å². The van der Waals surface area contributed by atoms with Gasteiger partial charge < -0.3 is 9.64 Å². The highest BCUT2D eigenvalue weighted by Gasteiger charge is 2.23. The molecule has 0 N–H and O–H groups in total. The summed E-state index contributed by atoms with van der Waals surface area (Å²) < 4.78 is 5.11. The molecule has 1 heterocycles. The van der Waals surface area contributed by atoms with E-state index in [2.05, 4.69) is 24.3 Å². The Kier molecular flexibility index (Phi) is 7.01. The van der Waals surface area contributed by atoms with Crippen LogP contribution in [0.3, 0.4) is 0 Å². The highest BCUT2D eigenvalue weighted by molar-refractivity contribution is 5.89. The second-order valence-corrected chi connectivity index (χ2v) is 7.37. The van der Waals surface area contributed by atoms with Crippen molar-refractivity contribution in [3.8, 4) is 0 Å². The first-order chi connectivity index (χ1) is 13.6. The summed E-state index contributed by atoms with van der Waals surface area (Å²) in [4.78, 5) is 26.0. The van der Waals surface area contributed by atoms with Crippen LogP contribution in [0.5, 0.6) is 0 Å². The number of carbonyl (C=O) groups is 2. The molecule has 4 nitrogen and oxygen atoms in total. The topological polar surface area (TPSA) is 46.6 Å². The van der Waals surface area contributed by atoms with Gasteiger partial charge in [0.15, 0.2) is 6.61 Å². The summed E-state index contributed by atoms with van der Waals surface area (Å²) in [5.41, 5.74) is 3.44. The Balaban J connectivity index is 1.38. The zero-order valence-electron chi connectivity index (χ0n) is 16.3. The lowest BCUT2D eigenvalue weighted by Crippen LogP contribution is -2.41. The number of nitrogens with zero attached hydrogens (tertiary/aromatic N) is 1. The van der Waals surface area contributed by atoms with Gasteiger partial charge in [0, 0.05) is 19.2 Å². The van der Waals surface area contributed by atoms with Gasteiger partial charge in [0.2, 0.25) is 0 Å². The van der Waals surface area contributed by atoms with Crippen LogP contribution in [0.15, 0.2) is 60.7 Å². The van der Waals surface area contributed by atoms with Crippen molar-refractivity contribution in [1.82, 2.24) is 4.90 Å². The minimum absolute atomic E-state index is 0.116. The molecule has 28 heavy (non-hydrogen) atoms. The first-order valence-electron chi connectivity index (χ1n) is 9.83. The van der Waals surface area contributed by atoms with Crippen LogP contribution in [0, 0.1) is 12.8 Å². The van der Waals surface area contributed by atoms with Crippen LogP contribution in [0.25, 0.3) is 6.08 Å². The fraction of sp³-hybridized carbons (Fsp3) is 0.333. The summed E-state index contributed by atoms with van der Waals surface area (Å²) in [6, 6.07) is 18.3. The molecule has 0 aliphatic carbocycles. The average molecular weight is 377 g/mol. The van der Waals surface area contributed by atoms with E-state index in [9.17, 15) is 9.59 Å². The normalized spacial score (nSPS) is 15.0. The molecule has 1 aliphatic rings. The Morgan fingerprint density at radius 3 is 2.39 bits per heavy atom. The number of benzene rings is 2. The molecule has 1 amide bonds. The van der Waals surface area contributed by atoms with E-state index in [4.69, 9.17) is 4.74 Å². The molecular weight excluding hydrogens is 350 g/mol. The van der Waals surface area contributed by atoms with Crippen molar-refractivity contribution < 1.29 is 14.3 Å². The minimum Gasteiger partial charge on any atom is -0.452 e. The molecule has 2 aromatic carbocycles. The number of aryl methyl sites for hydroxylation is 1. The van der Waals surface area contributed by atoms with Crippen LogP contribution in [-0.2, 0) is 20.7 Å². The van der Waals surface area contributed by atoms with Crippen LogP contribution in [0.1, 0.15) is 29.5 Å². The quantitative estimate of drug-likeness (QED) is 0.564. The van der Waals surface area contributed by atoms with Gasteiger partial charge in [-0.25, -0.2) is 4.79 Å². The lowest BCUT2D eigenvalue weighted by atomic mass is 9.90. The van der Waals surface area contributed by atoms with Crippen LogP contribution >= 0.6 is 0 Å². The maximum absolute atomic E-state index is 12.3. The summed E-state index contributed by atoms with van der Waals surface area (Å²) in [7, 11) is 0. The summed E-state index contributed by atoms with van der Waals surface area (Å²) in [6.45, 7) is 3.28. The molecule has 1 saturated heterocycles. The molecular formula is C24H27NO3. The molecule has 0 unspecified atom stereocenters. The van der Waals surface area contributed by atoms with E-state index in [1.54, 1.807) is 11.0 Å². The molecule has 0 aromatic heterocycles. The van der Waals surface area contributed by atoms with E-state index < -0.39 is 5.97 Å². The summed E-state index contributed by atoms with van der Waals surface area (Å²) >= 11 is 0. The molecule has 0 saturated carbocycles. The molecule has 3 rings (SSSR count). The number of hydrogen-bond donors (Lipinski definition) is 0. The minimum atomic E-state index is -0.493. The maximum atomic E-state index is 12.3. The van der Waals surface area contributed by atoms with E-state index in [-0.39, 0.29) is 12.5 Å². The van der Waals surface area contributed by atoms with Crippen molar-refractivity contribution in [3.05, 3.63) is 77.4 Å². The van der Waals surface area contributed by atoms with Gasteiger partial charge in [-0.1, -0.05) is 60.2 Å². The van der Waals surface area contributed by atoms with E-state index in [0.717, 1.165) is 43.5 Å². The first-order valence-corrected chi connectivity index (χ1v) is 9.83. The maximum Gasteiger partial charge on any atom is 0.331 e. The Bertz CT molecular complexity index is 804. The van der Waals surface area contributed by atoms with E-state index >= 15 is 0 Å². The van der Waals surface area contributed by atoms with Crippen molar-refractivity contribution in [2.24, 2.45) is 5.92 Å². The Morgan fingerprint density at radius 1 is 1.04 bits per heavy atom. The fourth-order valence-electron chi connectivity index (χ4n) is 3.45. The summed E-state index contributed by atoms with van der Waals surface area (Å²) in [5.74, 6) is -0.00502. The lowest BCUT2D eigenvalue weighted by Gasteiger charge is -2.32. The van der Waals surface area contributed by atoms with Gasteiger partial charge in [-0.2, -0.15) is 0 Å². The van der Waals surface area contributed by atoms with Gasteiger partial charge in [0.05, 0.1) is 0 Å². The zero-order chi connectivity index (χ0) is 19.8. The number of likely N-dealkylation sites (tertiary alicyclic amines) is 1. The fourth-order valence-corrected chi connectivity index (χ4v) is 3.45. The van der Waals surface area contributed by atoms with E-state index in [0.29, 0.717) is 5.92 Å². The molecule has 0 atom stereocenters. The van der Waals surface area contributed by atoms with Gasteiger partial charge in [-0.15, -0.1) is 0 Å². The monoisotopic (exact) mass is 377 g/mol. The number of rotatable bonds is 6. The number of ether oxygens (including phenoxy) is 1. The first kappa shape index (κ1) is 19.9. The van der Waals surface area contributed by atoms with Crippen molar-refractivity contribution in [2.75, 3.05) is 19.7 Å². The molecule has 146 valence electrons. The lowest BCUT2D eigenvalue weighted by molar-refractivity contribution is -0.148. The highest BCUT2D eigenvalue weighted by atomic mass is 16.5. The van der Waals surface area contributed by atoms with Gasteiger partial charge >= 0.3 is 5.97 Å². The molecule has 0 spiro atoms. The number of piperidine rings is 1. The van der Waals surface area contributed by atoms with Crippen molar-refractivity contribution in [3.63, 3.8) is 0 Å². The van der Waals surface area contributed by atoms with E-state index in [1.165, 1.54) is 11.6 Å². The van der Waals surface area contributed by atoms with Gasteiger partial charge in [0.25, 0.3) is 5.91 Å². The largest absolute Gasteiger partial charge is 0.452 e. The third-order valence-electron chi connectivity index (χ3n) is 5.16. The van der Waals surface area contributed by atoms with Crippen LogP contribution in [0.2, 0.25) is 0 Å².